The number of piperazine rings is 1. The molecule has 0 atom stereocenters. The molecule has 0 spiro atoms. The lowest BCUT2D eigenvalue weighted by atomic mass is 10.0. The summed E-state index contributed by atoms with van der Waals surface area (Å²) in [4.78, 5) is 28.0. The first-order chi connectivity index (χ1) is 22.4. The number of hydrogen-bond acceptors (Lipinski definition) is 8. The number of carboxylic acids is 1. The van der Waals surface area contributed by atoms with Gasteiger partial charge in [0, 0.05) is 50.9 Å². The van der Waals surface area contributed by atoms with Crippen LogP contribution < -0.4 is 4.74 Å². The van der Waals surface area contributed by atoms with Crippen molar-refractivity contribution in [2.24, 2.45) is 0 Å². The van der Waals surface area contributed by atoms with Crippen LogP contribution in [0.3, 0.4) is 0 Å². The van der Waals surface area contributed by atoms with Gasteiger partial charge in [-0.2, -0.15) is 4.98 Å². The van der Waals surface area contributed by atoms with Gasteiger partial charge < -0.3 is 24.7 Å². The van der Waals surface area contributed by atoms with Crippen LogP contribution in [0.2, 0.25) is 0 Å². The molecule has 11 heteroatoms. The quantitative estimate of drug-likeness (QED) is 0.157. The summed E-state index contributed by atoms with van der Waals surface area (Å²) in [6.45, 7) is 8.63. The van der Waals surface area contributed by atoms with Crippen LogP contribution in [0.25, 0.3) is 33.5 Å². The highest BCUT2D eigenvalue weighted by atomic mass is 19.1. The van der Waals surface area contributed by atoms with Crippen molar-refractivity contribution in [2.45, 2.75) is 13.5 Å². The SMILES string of the molecule is Cc1ccc(Oc2nc3nc(-c4ccc(-c5ccc(CN6CCN(CCOCCO)CC6)cc5)cc4)c(F)cc3[nH]2)cc1C(=O)O. The molecule has 0 amide bonds. The van der Waals surface area contributed by atoms with Gasteiger partial charge in [-0.25, -0.2) is 14.2 Å². The molecule has 3 heterocycles. The summed E-state index contributed by atoms with van der Waals surface area (Å²) in [5.41, 5.74) is 5.53. The zero-order chi connectivity index (χ0) is 32.0. The first-order valence-corrected chi connectivity index (χ1v) is 15.3. The van der Waals surface area contributed by atoms with Crippen LogP contribution in [0.4, 0.5) is 4.39 Å². The Morgan fingerprint density at radius 3 is 2.26 bits per heavy atom. The molecule has 2 aromatic heterocycles. The molecular weight excluding hydrogens is 589 g/mol. The zero-order valence-corrected chi connectivity index (χ0v) is 25.6. The second-order valence-electron chi connectivity index (χ2n) is 11.3. The number of H-pyrrole nitrogens is 1. The Morgan fingerprint density at radius 1 is 0.891 bits per heavy atom. The fourth-order valence-corrected chi connectivity index (χ4v) is 5.57. The van der Waals surface area contributed by atoms with Gasteiger partial charge in [-0.3, -0.25) is 9.80 Å². The van der Waals surface area contributed by atoms with Crippen molar-refractivity contribution >= 4 is 17.1 Å². The number of fused-ring (bicyclic) bond motifs is 1. The van der Waals surface area contributed by atoms with E-state index in [1.807, 2.05) is 24.3 Å². The molecule has 1 aliphatic heterocycles. The van der Waals surface area contributed by atoms with Crippen LogP contribution >= 0.6 is 0 Å². The molecule has 46 heavy (non-hydrogen) atoms. The van der Waals surface area contributed by atoms with Crippen LogP contribution in [0.15, 0.2) is 72.8 Å². The van der Waals surface area contributed by atoms with Crippen molar-refractivity contribution in [3.05, 3.63) is 95.3 Å². The maximum absolute atomic E-state index is 15.2. The third-order valence-corrected chi connectivity index (χ3v) is 8.16. The topological polar surface area (TPSA) is 124 Å². The Hall–Kier alpha value is -4.68. The van der Waals surface area contributed by atoms with Crippen molar-refractivity contribution in [3.63, 3.8) is 0 Å². The fourth-order valence-electron chi connectivity index (χ4n) is 5.57. The van der Waals surface area contributed by atoms with Gasteiger partial charge in [0.25, 0.3) is 0 Å². The van der Waals surface area contributed by atoms with Gasteiger partial charge in [-0.1, -0.05) is 54.6 Å². The van der Waals surface area contributed by atoms with Gasteiger partial charge >= 0.3 is 12.0 Å². The molecular formula is C35H36FN5O5. The number of hydrogen-bond donors (Lipinski definition) is 3. The van der Waals surface area contributed by atoms with Crippen LogP contribution in [0.5, 0.6) is 11.8 Å². The third kappa shape index (κ3) is 7.40. The fraction of sp³-hybridized carbons (Fsp3) is 0.286. The van der Waals surface area contributed by atoms with Crippen molar-refractivity contribution < 1.29 is 28.9 Å². The summed E-state index contributed by atoms with van der Waals surface area (Å²) >= 11 is 0. The van der Waals surface area contributed by atoms with Gasteiger partial charge in [0.05, 0.1) is 30.9 Å². The first-order valence-electron chi connectivity index (χ1n) is 15.3. The van der Waals surface area contributed by atoms with Gasteiger partial charge in [-0.15, -0.1) is 0 Å². The van der Waals surface area contributed by atoms with Gasteiger partial charge in [0.1, 0.15) is 11.4 Å². The summed E-state index contributed by atoms with van der Waals surface area (Å²) in [6.07, 6.45) is 0. The highest BCUT2D eigenvalue weighted by Crippen LogP contribution is 2.29. The average Bonchev–Trinajstić information content (AvgIpc) is 3.45. The number of rotatable bonds is 12. The lowest BCUT2D eigenvalue weighted by Gasteiger charge is -2.34. The number of nitrogens with zero attached hydrogens (tertiary/aromatic N) is 4. The number of aliphatic hydroxyl groups excluding tert-OH is 1. The number of benzene rings is 3. The van der Waals surface area contributed by atoms with Crippen LogP contribution in [0, 0.1) is 12.7 Å². The first kappa shape index (κ1) is 31.3. The third-order valence-electron chi connectivity index (χ3n) is 8.16. The number of carbonyl (C=O) groups is 1. The number of aromatic nitrogens is 3. The minimum absolute atomic E-state index is 0.0634. The summed E-state index contributed by atoms with van der Waals surface area (Å²) in [7, 11) is 0. The summed E-state index contributed by atoms with van der Waals surface area (Å²) < 4.78 is 26.3. The number of aromatic carboxylic acids is 1. The molecule has 0 saturated carbocycles. The predicted molar refractivity (Wildman–Crippen MR) is 173 cm³/mol. The number of ether oxygens (including phenoxy) is 2. The molecule has 5 aromatic rings. The second kappa shape index (κ2) is 14.2. The molecule has 1 saturated heterocycles. The number of nitrogens with one attached hydrogen (secondary N) is 1. The Kier molecular flexibility index (Phi) is 9.65. The van der Waals surface area contributed by atoms with Crippen molar-refractivity contribution in [3.8, 4) is 34.1 Å². The Labute approximate surface area is 266 Å². The highest BCUT2D eigenvalue weighted by molar-refractivity contribution is 5.89. The van der Waals surface area contributed by atoms with E-state index >= 15 is 4.39 Å². The Balaban J connectivity index is 1.08. The number of aliphatic hydroxyl groups is 1. The van der Waals surface area contributed by atoms with Crippen LogP contribution in [0.1, 0.15) is 21.5 Å². The van der Waals surface area contributed by atoms with Crippen molar-refractivity contribution in [2.75, 3.05) is 52.5 Å². The maximum Gasteiger partial charge on any atom is 0.336 e. The standard InChI is InChI=1S/C35H36FN5O5/c1-23-2-11-28(20-29(23)34(43)44)46-35-37-31-21-30(36)32(38-33(31)39-35)27-9-7-26(8-10-27)25-5-3-24(4-6-25)22-41-14-12-40(13-15-41)16-18-45-19-17-42/h2-11,20-21,42H,12-19,22H2,1H3,(H,43,44)(H,37,38,39). The van der Waals surface area contributed by atoms with E-state index in [1.165, 1.54) is 17.7 Å². The monoisotopic (exact) mass is 625 g/mol. The second-order valence-corrected chi connectivity index (χ2v) is 11.3. The van der Waals surface area contributed by atoms with E-state index in [4.69, 9.17) is 14.6 Å². The smallest absolute Gasteiger partial charge is 0.336 e. The van der Waals surface area contributed by atoms with E-state index in [9.17, 15) is 9.90 Å². The molecule has 238 valence electrons. The minimum Gasteiger partial charge on any atom is -0.478 e. The number of imidazole rings is 1. The molecule has 0 radical (unpaired) electrons. The Morgan fingerprint density at radius 2 is 1.57 bits per heavy atom. The lowest BCUT2D eigenvalue weighted by molar-refractivity contribution is 0.0564. The number of halogens is 1. The predicted octanol–water partition coefficient (Wildman–Crippen LogP) is 5.36. The van der Waals surface area contributed by atoms with Crippen LogP contribution in [-0.2, 0) is 11.3 Å². The van der Waals surface area contributed by atoms with Crippen molar-refractivity contribution in [1.29, 1.82) is 0 Å². The normalized spacial score (nSPS) is 14.2. The average molecular weight is 626 g/mol. The largest absolute Gasteiger partial charge is 0.478 e. The molecule has 0 aliphatic carbocycles. The number of aromatic amines is 1. The minimum atomic E-state index is -1.05. The summed E-state index contributed by atoms with van der Waals surface area (Å²) in [5.74, 6) is -1.26. The van der Waals surface area contributed by atoms with Gasteiger partial charge in [-0.05, 0) is 41.3 Å². The molecule has 3 aromatic carbocycles. The van der Waals surface area contributed by atoms with Gasteiger partial charge in [0.2, 0.25) is 0 Å². The number of carboxylic acid groups (broad SMARTS) is 1. The molecule has 1 aliphatic rings. The molecule has 6 rings (SSSR count). The van der Waals surface area contributed by atoms with Crippen LogP contribution in [-0.4, -0.2) is 93.5 Å². The molecule has 1 fully saturated rings. The van der Waals surface area contributed by atoms with E-state index in [0.29, 0.717) is 35.6 Å². The lowest BCUT2D eigenvalue weighted by Crippen LogP contribution is -2.46. The van der Waals surface area contributed by atoms with E-state index in [2.05, 4.69) is 49.0 Å². The van der Waals surface area contributed by atoms with E-state index in [-0.39, 0.29) is 29.5 Å². The molecule has 0 unspecified atom stereocenters. The summed E-state index contributed by atoms with van der Waals surface area (Å²) in [5, 5.41) is 18.2. The van der Waals surface area contributed by atoms with E-state index in [0.717, 1.165) is 50.4 Å². The summed E-state index contributed by atoms with van der Waals surface area (Å²) in [6, 6.07) is 22.3. The molecule has 10 nitrogen and oxygen atoms in total. The Bertz CT molecular complexity index is 1800. The highest BCUT2D eigenvalue weighted by Gasteiger charge is 2.18. The molecule has 0 bridgehead atoms. The zero-order valence-electron chi connectivity index (χ0n) is 25.6. The number of aryl methyl sites for hydroxylation is 1. The van der Waals surface area contributed by atoms with Gasteiger partial charge in [0.15, 0.2) is 11.5 Å². The molecule has 3 N–H and O–H groups in total. The van der Waals surface area contributed by atoms with E-state index in [1.54, 1.807) is 19.1 Å². The maximum atomic E-state index is 15.2. The van der Waals surface area contributed by atoms with Crippen molar-refractivity contribution in [1.82, 2.24) is 24.8 Å². The van der Waals surface area contributed by atoms with E-state index < -0.39 is 11.8 Å². The number of pyridine rings is 1.